The second-order valence-electron chi connectivity index (χ2n) is 6.80. The minimum atomic E-state index is -3.67. The van der Waals surface area contributed by atoms with Gasteiger partial charge in [0.25, 0.3) is 5.91 Å². The third-order valence-electron chi connectivity index (χ3n) is 3.25. The second-order valence-corrected chi connectivity index (χ2v) is 9.65. The summed E-state index contributed by atoms with van der Waals surface area (Å²) in [6, 6.07) is 16.0. The molecule has 0 aliphatic rings. The Labute approximate surface area is 159 Å². The number of nitrogens with one attached hydrogen (secondary N) is 2. The molecule has 0 aliphatic heterocycles. The minimum Gasteiger partial charge on any atom is -0.351 e. The zero-order valence-electron chi connectivity index (χ0n) is 15.2. The van der Waals surface area contributed by atoms with Gasteiger partial charge in [0.2, 0.25) is 10.0 Å². The first-order chi connectivity index (χ1) is 12.2. The Bertz CT molecular complexity index is 845. The van der Waals surface area contributed by atoms with E-state index in [4.69, 9.17) is 0 Å². The molecular formula is C19H24N2O3S2. The number of thioether (sulfide) groups is 1. The van der Waals surface area contributed by atoms with E-state index in [-0.39, 0.29) is 10.8 Å². The third kappa shape index (κ3) is 6.48. The molecule has 0 atom stereocenters. The van der Waals surface area contributed by atoms with E-state index in [1.165, 1.54) is 12.1 Å². The highest BCUT2D eigenvalue weighted by atomic mass is 32.2. The van der Waals surface area contributed by atoms with E-state index < -0.39 is 15.6 Å². The second kappa shape index (κ2) is 8.70. The molecule has 0 aliphatic carbocycles. The molecule has 0 aromatic heterocycles. The molecule has 2 rings (SSSR count). The number of carbonyl (C=O) groups excluding carboxylic acids is 1. The van der Waals surface area contributed by atoms with Crippen LogP contribution in [0.3, 0.4) is 0 Å². The fourth-order valence-electron chi connectivity index (χ4n) is 2.22. The molecule has 0 fully saturated rings. The van der Waals surface area contributed by atoms with Crippen LogP contribution in [0.4, 0.5) is 0 Å². The maximum Gasteiger partial charge on any atom is 0.251 e. The SMILES string of the molecule is CC(C)(C)NS(=O)(=O)c1cccc(C(=O)NCCSc2ccccc2)c1. The van der Waals surface area contributed by atoms with Crippen molar-refractivity contribution in [2.75, 3.05) is 12.3 Å². The van der Waals surface area contributed by atoms with E-state index in [1.807, 2.05) is 30.3 Å². The van der Waals surface area contributed by atoms with Crippen molar-refractivity contribution in [1.29, 1.82) is 0 Å². The van der Waals surface area contributed by atoms with Gasteiger partial charge in [-0.2, -0.15) is 0 Å². The third-order valence-corrected chi connectivity index (χ3v) is 6.02. The highest BCUT2D eigenvalue weighted by molar-refractivity contribution is 7.99. The molecule has 0 radical (unpaired) electrons. The first-order valence-electron chi connectivity index (χ1n) is 8.27. The van der Waals surface area contributed by atoms with E-state index in [9.17, 15) is 13.2 Å². The highest BCUT2D eigenvalue weighted by Gasteiger charge is 2.22. The van der Waals surface area contributed by atoms with Crippen LogP contribution in [0.2, 0.25) is 0 Å². The van der Waals surface area contributed by atoms with Gasteiger partial charge in [-0.15, -0.1) is 11.8 Å². The molecule has 2 N–H and O–H groups in total. The summed E-state index contributed by atoms with van der Waals surface area (Å²) in [6.07, 6.45) is 0. The van der Waals surface area contributed by atoms with E-state index in [0.717, 1.165) is 10.6 Å². The number of benzene rings is 2. The maximum atomic E-state index is 12.4. The van der Waals surface area contributed by atoms with Gasteiger partial charge in [0.15, 0.2) is 0 Å². The first kappa shape index (κ1) is 20.5. The Morgan fingerprint density at radius 1 is 1.04 bits per heavy atom. The van der Waals surface area contributed by atoms with Crippen molar-refractivity contribution in [1.82, 2.24) is 10.0 Å². The fraction of sp³-hybridized carbons (Fsp3) is 0.316. The van der Waals surface area contributed by atoms with Gasteiger partial charge in [0.1, 0.15) is 0 Å². The van der Waals surface area contributed by atoms with Crippen molar-refractivity contribution >= 4 is 27.7 Å². The predicted molar refractivity (Wildman–Crippen MR) is 106 cm³/mol. The van der Waals surface area contributed by atoms with E-state index >= 15 is 0 Å². The van der Waals surface area contributed by atoms with Gasteiger partial charge in [-0.05, 0) is 51.1 Å². The number of hydrogen-bond acceptors (Lipinski definition) is 4. The molecule has 0 saturated carbocycles. The van der Waals surface area contributed by atoms with Crippen LogP contribution in [0.1, 0.15) is 31.1 Å². The first-order valence-corrected chi connectivity index (χ1v) is 10.7. The lowest BCUT2D eigenvalue weighted by Crippen LogP contribution is -2.40. The predicted octanol–water partition coefficient (Wildman–Crippen LogP) is 3.29. The average Bonchev–Trinajstić information content (AvgIpc) is 2.57. The lowest BCUT2D eigenvalue weighted by atomic mass is 10.1. The summed E-state index contributed by atoms with van der Waals surface area (Å²) in [5.41, 5.74) is -0.266. The van der Waals surface area contributed by atoms with Crippen molar-refractivity contribution in [3.63, 3.8) is 0 Å². The number of rotatable bonds is 7. The van der Waals surface area contributed by atoms with Crippen molar-refractivity contribution in [2.45, 2.75) is 36.1 Å². The van der Waals surface area contributed by atoms with Crippen LogP contribution in [-0.4, -0.2) is 32.2 Å². The van der Waals surface area contributed by atoms with Gasteiger partial charge in [-0.25, -0.2) is 13.1 Å². The van der Waals surface area contributed by atoms with E-state index in [1.54, 1.807) is 44.7 Å². The molecule has 5 nitrogen and oxygen atoms in total. The number of sulfonamides is 1. The summed E-state index contributed by atoms with van der Waals surface area (Å²) in [6.45, 7) is 5.80. The van der Waals surface area contributed by atoms with Gasteiger partial charge in [-0.3, -0.25) is 4.79 Å². The van der Waals surface area contributed by atoms with Gasteiger partial charge in [0.05, 0.1) is 4.90 Å². The Morgan fingerprint density at radius 3 is 2.38 bits per heavy atom. The number of amides is 1. The maximum absolute atomic E-state index is 12.4. The van der Waals surface area contributed by atoms with Crippen molar-refractivity contribution in [3.8, 4) is 0 Å². The molecule has 0 bridgehead atoms. The Morgan fingerprint density at radius 2 is 1.73 bits per heavy atom. The van der Waals surface area contributed by atoms with Crippen LogP contribution in [0, 0.1) is 0 Å². The van der Waals surface area contributed by atoms with Crippen LogP contribution in [0.15, 0.2) is 64.4 Å². The Balaban J connectivity index is 1.95. The standard InChI is InChI=1S/C19H24N2O3S2/c1-19(2,3)21-26(23,24)17-11-7-8-15(14-17)18(22)20-12-13-25-16-9-5-4-6-10-16/h4-11,14,21H,12-13H2,1-3H3,(H,20,22). The largest absolute Gasteiger partial charge is 0.351 e. The number of hydrogen-bond donors (Lipinski definition) is 2. The Hall–Kier alpha value is -1.83. The van der Waals surface area contributed by atoms with Crippen LogP contribution < -0.4 is 10.0 Å². The summed E-state index contributed by atoms with van der Waals surface area (Å²) in [5.74, 6) is 0.450. The monoisotopic (exact) mass is 392 g/mol. The van der Waals surface area contributed by atoms with Crippen molar-refractivity contribution in [2.24, 2.45) is 0 Å². The van der Waals surface area contributed by atoms with Crippen molar-refractivity contribution < 1.29 is 13.2 Å². The molecule has 0 unspecified atom stereocenters. The molecule has 0 heterocycles. The van der Waals surface area contributed by atoms with Crippen LogP contribution in [0.5, 0.6) is 0 Å². The molecule has 2 aromatic carbocycles. The summed E-state index contributed by atoms with van der Waals surface area (Å²) >= 11 is 1.65. The molecule has 140 valence electrons. The van der Waals surface area contributed by atoms with Gasteiger partial charge >= 0.3 is 0 Å². The normalized spacial score (nSPS) is 12.0. The fourth-order valence-corrected chi connectivity index (χ4v) is 4.47. The smallest absolute Gasteiger partial charge is 0.251 e. The zero-order valence-corrected chi connectivity index (χ0v) is 16.8. The van der Waals surface area contributed by atoms with E-state index in [2.05, 4.69) is 10.0 Å². The van der Waals surface area contributed by atoms with Gasteiger partial charge in [-0.1, -0.05) is 24.3 Å². The lowest BCUT2D eigenvalue weighted by Gasteiger charge is -2.20. The van der Waals surface area contributed by atoms with Crippen LogP contribution in [0.25, 0.3) is 0 Å². The lowest BCUT2D eigenvalue weighted by molar-refractivity contribution is 0.0956. The van der Waals surface area contributed by atoms with Crippen molar-refractivity contribution in [3.05, 3.63) is 60.2 Å². The molecule has 7 heteroatoms. The zero-order chi connectivity index (χ0) is 19.2. The molecule has 2 aromatic rings. The Kier molecular flexibility index (Phi) is 6.86. The van der Waals surface area contributed by atoms with Crippen LogP contribution in [-0.2, 0) is 10.0 Å². The molecule has 0 saturated heterocycles. The minimum absolute atomic E-state index is 0.0822. The molecule has 0 spiro atoms. The molecule has 1 amide bonds. The number of carbonyl (C=O) groups is 1. The van der Waals surface area contributed by atoms with Gasteiger partial charge in [0, 0.05) is 28.3 Å². The van der Waals surface area contributed by atoms with Crippen LogP contribution >= 0.6 is 11.8 Å². The summed E-state index contributed by atoms with van der Waals surface area (Å²) in [4.78, 5) is 13.5. The summed E-state index contributed by atoms with van der Waals surface area (Å²) in [7, 11) is -3.67. The highest BCUT2D eigenvalue weighted by Crippen LogP contribution is 2.17. The van der Waals surface area contributed by atoms with Gasteiger partial charge < -0.3 is 5.32 Å². The molecule has 26 heavy (non-hydrogen) atoms. The summed E-state index contributed by atoms with van der Waals surface area (Å²) < 4.78 is 27.4. The van der Waals surface area contributed by atoms with E-state index in [0.29, 0.717) is 12.1 Å². The topological polar surface area (TPSA) is 75.3 Å². The summed E-state index contributed by atoms with van der Waals surface area (Å²) in [5, 5.41) is 2.82. The molecular weight excluding hydrogens is 368 g/mol. The average molecular weight is 393 g/mol. The quantitative estimate of drug-likeness (QED) is 0.560.